The molecule has 0 aliphatic heterocycles. The van der Waals surface area contributed by atoms with Crippen LogP contribution in [0.4, 0.5) is 5.69 Å². The Morgan fingerprint density at radius 3 is 2.58 bits per heavy atom. The van der Waals surface area contributed by atoms with Gasteiger partial charge < -0.3 is 15.6 Å². The molecule has 6 heteroatoms. The third-order valence-corrected chi connectivity index (χ3v) is 2.94. The first-order valence-corrected chi connectivity index (χ1v) is 5.76. The zero-order valence-electron chi connectivity index (χ0n) is 11.2. The van der Waals surface area contributed by atoms with Gasteiger partial charge in [0.05, 0.1) is 25.4 Å². The van der Waals surface area contributed by atoms with E-state index in [1.165, 1.54) is 18.1 Å². The summed E-state index contributed by atoms with van der Waals surface area (Å²) in [5.74, 6) is -0.655. The summed E-state index contributed by atoms with van der Waals surface area (Å²) in [6.07, 6.45) is 0. The fourth-order valence-electron chi connectivity index (χ4n) is 1.68. The maximum atomic E-state index is 12.2. The SMILES string of the molecule is COc1ccc(C(=O)C(C)N(C)CC(=O)O)cc1N. The number of likely N-dealkylation sites (N-methyl/N-ethyl adjacent to an activating group) is 1. The molecule has 0 saturated carbocycles. The smallest absolute Gasteiger partial charge is 0.317 e. The number of nitrogens with zero attached hydrogens (tertiary/aromatic N) is 1. The van der Waals surface area contributed by atoms with Crippen molar-refractivity contribution in [2.24, 2.45) is 0 Å². The van der Waals surface area contributed by atoms with E-state index in [-0.39, 0.29) is 12.3 Å². The number of methoxy groups -OCH3 is 1. The van der Waals surface area contributed by atoms with Gasteiger partial charge in [0.25, 0.3) is 0 Å². The lowest BCUT2D eigenvalue weighted by Gasteiger charge is -2.21. The molecule has 0 heterocycles. The molecule has 1 atom stereocenters. The lowest BCUT2D eigenvalue weighted by Crippen LogP contribution is -2.39. The topological polar surface area (TPSA) is 92.9 Å². The van der Waals surface area contributed by atoms with Gasteiger partial charge in [-0.05, 0) is 32.2 Å². The molecule has 0 aromatic heterocycles. The van der Waals surface area contributed by atoms with Crippen LogP contribution >= 0.6 is 0 Å². The van der Waals surface area contributed by atoms with Gasteiger partial charge in [0.2, 0.25) is 0 Å². The van der Waals surface area contributed by atoms with Crippen molar-refractivity contribution in [3.63, 3.8) is 0 Å². The Kier molecular flexibility index (Phi) is 4.88. The number of ether oxygens (including phenoxy) is 1. The second-order valence-corrected chi connectivity index (χ2v) is 4.31. The lowest BCUT2D eigenvalue weighted by molar-refractivity contribution is -0.138. The van der Waals surface area contributed by atoms with Crippen molar-refractivity contribution in [3.8, 4) is 5.75 Å². The summed E-state index contributed by atoms with van der Waals surface area (Å²) in [6.45, 7) is 1.46. The van der Waals surface area contributed by atoms with Gasteiger partial charge in [-0.15, -0.1) is 0 Å². The summed E-state index contributed by atoms with van der Waals surface area (Å²) in [5.41, 5.74) is 6.55. The third-order valence-electron chi connectivity index (χ3n) is 2.94. The highest BCUT2D eigenvalue weighted by Gasteiger charge is 2.21. The van der Waals surface area contributed by atoms with Crippen LogP contribution < -0.4 is 10.5 Å². The molecule has 0 aliphatic rings. The number of Topliss-reactive ketones (excluding diaryl/α,β-unsaturated/α-hetero) is 1. The first kappa shape index (κ1) is 15.0. The van der Waals surface area contributed by atoms with E-state index < -0.39 is 12.0 Å². The Morgan fingerprint density at radius 2 is 2.11 bits per heavy atom. The summed E-state index contributed by atoms with van der Waals surface area (Å²) >= 11 is 0. The van der Waals surface area contributed by atoms with E-state index in [0.29, 0.717) is 17.0 Å². The monoisotopic (exact) mass is 266 g/mol. The minimum atomic E-state index is -0.976. The molecule has 0 fully saturated rings. The molecule has 1 aromatic rings. The second-order valence-electron chi connectivity index (χ2n) is 4.31. The van der Waals surface area contributed by atoms with E-state index in [9.17, 15) is 9.59 Å². The van der Waals surface area contributed by atoms with E-state index in [1.54, 1.807) is 26.1 Å². The summed E-state index contributed by atoms with van der Waals surface area (Å²) in [6, 6.07) is 4.23. The summed E-state index contributed by atoms with van der Waals surface area (Å²) in [7, 11) is 3.08. The normalized spacial score (nSPS) is 12.2. The Labute approximate surface area is 111 Å². The third kappa shape index (κ3) is 3.69. The first-order chi connectivity index (χ1) is 8.86. The van der Waals surface area contributed by atoms with Crippen molar-refractivity contribution in [3.05, 3.63) is 23.8 Å². The number of carbonyl (C=O) groups is 2. The number of anilines is 1. The van der Waals surface area contributed by atoms with E-state index in [4.69, 9.17) is 15.6 Å². The van der Waals surface area contributed by atoms with Crippen molar-refractivity contribution >= 4 is 17.4 Å². The van der Waals surface area contributed by atoms with E-state index >= 15 is 0 Å². The number of benzene rings is 1. The van der Waals surface area contributed by atoms with E-state index in [1.807, 2.05) is 0 Å². The molecular formula is C13H18N2O4. The largest absolute Gasteiger partial charge is 0.495 e. The predicted octanol–water partition coefficient (Wildman–Crippen LogP) is 0.865. The quantitative estimate of drug-likeness (QED) is 0.586. The standard InChI is InChI=1S/C13H18N2O4/c1-8(15(2)7-12(16)17)13(18)9-4-5-11(19-3)10(14)6-9/h4-6,8H,7,14H2,1-3H3,(H,16,17). The van der Waals surface area contributed by atoms with Crippen LogP contribution in [0.5, 0.6) is 5.75 Å². The average Bonchev–Trinajstić information content (AvgIpc) is 2.36. The van der Waals surface area contributed by atoms with Gasteiger partial charge in [0.1, 0.15) is 5.75 Å². The van der Waals surface area contributed by atoms with Crippen molar-refractivity contribution < 1.29 is 19.4 Å². The Bertz CT molecular complexity index is 488. The molecule has 6 nitrogen and oxygen atoms in total. The molecule has 0 aliphatic carbocycles. The van der Waals surface area contributed by atoms with Crippen molar-refractivity contribution in [2.45, 2.75) is 13.0 Å². The van der Waals surface area contributed by atoms with Gasteiger partial charge in [0, 0.05) is 5.56 Å². The fraction of sp³-hybridized carbons (Fsp3) is 0.385. The van der Waals surface area contributed by atoms with Crippen LogP contribution in [0.25, 0.3) is 0 Å². The highest BCUT2D eigenvalue weighted by Crippen LogP contribution is 2.23. The minimum Gasteiger partial charge on any atom is -0.495 e. The van der Waals surface area contributed by atoms with Crippen LogP contribution in [0.3, 0.4) is 0 Å². The number of carboxylic acids is 1. The van der Waals surface area contributed by atoms with Gasteiger partial charge in [-0.1, -0.05) is 0 Å². The molecule has 1 aromatic carbocycles. The molecule has 0 radical (unpaired) electrons. The predicted molar refractivity (Wildman–Crippen MR) is 71.5 cm³/mol. The van der Waals surface area contributed by atoms with Crippen molar-refractivity contribution in [2.75, 3.05) is 26.4 Å². The molecule has 104 valence electrons. The average molecular weight is 266 g/mol. The molecule has 1 rings (SSSR count). The van der Waals surface area contributed by atoms with Crippen LogP contribution in [0.1, 0.15) is 17.3 Å². The van der Waals surface area contributed by atoms with E-state index in [0.717, 1.165) is 0 Å². The highest BCUT2D eigenvalue weighted by atomic mass is 16.5. The van der Waals surface area contributed by atoms with Gasteiger partial charge in [-0.25, -0.2) is 0 Å². The fourth-order valence-corrected chi connectivity index (χ4v) is 1.68. The molecule has 0 spiro atoms. The van der Waals surface area contributed by atoms with Crippen molar-refractivity contribution in [1.82, 2.24) is 4.90 Å². The summed E-state index contributed by atoms with van der Waals surface area (Å²) in [4.78, 5) is 24.3. The maximum Gasteiger partial charge on any atom is 0.317 e. The van der Waals surface area contributed by atoms with E-state index in [2.05, 4.69) is 0 Å². The minimum absolute atomic E-state index is 0.182. The number of carboxylic acid groups (broad SMARTS) is 1. The van der Waals surface area contributed by atoms with Crippen LogP contribution in [-0.2, 0) is 4.79 Å². The number of nitrogen functional groups attached to an aromatic ring is 1. The second kappa shape index (κ2) is 6.19. The molecular weight excluding hydrogens is 248 g/mol. The molecule has 0 bridgehead atoms. The lowest BCUT2D eigenvalue weighted by atomic mass is 10.0. The first-order valence-electron chi connectivity index (χ1n) is 5.76. The number of hydrogen-bond donors (Lipinski definition) is 2. The van der Waals surface area contributed by atoms with Crippen LogP contribution in [0.15, 0.2) is 18.2 Å². The van der Waals surface area contributed by atoms with Gasteiger partial charge in [-0.3, -0.25) is 14.5 Å². The number of ketones is 1. The number of aliphatic carboxylic acids is 1. The number of rotatable bonds is 6. The van der Waals surface area contributed by atoms with Gasteiger partial charge >= 0.3 is 5.97 Å². The summed E-state index contributed by atoms with van der Waals surface area (Å²) in [5, 5.41) is 8.71. The molecule has 19 heavy (non-hydrogen) atoms. The van der Waals surface area contributed by atoms with Gasteiger partial charge in [-0.2, -0.15) is 0 Å². The highest BCUT2D eigenvalue weighted by molar-refractivity contribution is 6.01. The van der Waals surface area contributed by atoms with Crippen LogP contribution in [0.2, 0.25) is 0 Å². The Morgan fingerprint density at radius 1 is 1.47 bits per heavy atom. The van der Waals surface area contributed by atoms with Crippen molar-refractivity contribution in [1.29, 1.82) is 0 Å². The number of hydrogen-bond acceptors (Lipinski definition) is 5. The maximum absolute atomic E-state index is 12.2. The Balaban J connectivity index is 2.88. The zero-order valence-corrected chi connectivity index (χ0v) is 11.2. The van der Waals surface area contributed by atoms with Crippen LogP contribution in [0, 0.1) is 0 Å². The zero-order chi connectivity index (χ0) is 14.6. The molecule has 0 amide bonds. The molecule has 1 unspecified atom stereocenters. The number of nitrogens with two attached hydrogens (primary N) is 1. The molecule has 3 N–H and O–H groups in total. The Hall–Kier alpha value is -2.08. The van der Waals surface area contributed by atoms with Crippen LogP contribution in [-0.4, -0.2) is 48.5 Å². The number of carbonyl (C=O) groups excluding carboxylic acids is 1. The summed E-state index contributed by atoms with van der Waals surface area (Å²) < 4.78 is 5.02. The van der Waals surface area contributed by atoms with Gasteiger partial charge in [0.15, 0.2) is 5.78 Å². The molecule has 0 saturated heterocycles.